The minimum Gasteiger partial charge on any atom is -0.340 e. The molecule has 0 spiro atoms. The van der Waals surface area contributed by atoms with Gasteiger partial charge in [0.1, 0.15) is 0 Å². The molecule has 1 fully saturated rings. The van der Waals surface area contributed by atoms with Crippen LogP contribution in [0.2, 0.25) is 0 Å². The molecule has 4 nitrogen and oxygen atoms in total. The summed E-state index contributed by atoms with van der Waals surface area (Å²) in [5, 5.41) is 3.33. The van der Waals surface area contributed by atoms with Crippen molar-refractivity contribution in [1.82, 2.24) is 15.2 Å². The van der Waals surface area contributed by atoms with E-state index in [2.05, 4.69) is 34.6 Å². The van der Waals surface area contributed by atoms with Crippen molar-refractivity contribution in [2.24, 2.45) is 0 Å². The molecule has 114 valence electrons. The number of likely N-dealkylation sites (N-methyl/N-ethyl adjacent to an activating group) is 1. The largest absolute Gasteiger partial charge is 0.340 e. The fourth-order valence-corrected chi connectivity index (χ4v) is 2.88. The monoisotopic (exact) mass is 295 g/mol. The quantitative estimate of drug-likeness (QED) is 0.939. The summed E-state index contributed by atoms with van der Waals surface area (Å²) in [6.07, 6.45) is 4.34. The Bertz CT molecular complexity index is 625. The first kappa shape index (κ1) is 14.7. The molecule has 1 atom stereocenters. The molecule has 2 heterocycles. The number of pyridine rings is 1. The van der Waals surface area contributed by atoms with Gasteiger partial charge in [0.25, 0.3) is 0 Å². The van der Waals surface area contributed by atoms with Crippen LogP contribution >= 0.6 is 0 Å². The molecule has 1 aromatic carbocycles. The third-order valence-corrected chi connectivity index (χ3v) is 4.17. The van der Waals surface area contributed by atoms with Gasteiger partial charge in [-0.2, -0.15) is 0 Å². The van der Waals surface area contributed by atoms with Crippen LogP contribution in [0, 0.1) is 0 Å². The van der Waals surface area contributed by atoms with Crippen molar-refractivity contribution >= 4 is 5.91 Å². The number of aromatic nitrogens is 1. The first-order chi connectivity index (χ1) is 10.8. The van der Waals surface area contributed by atoms with E-state index in [0.29, 0.717) is 0 Å². The number of carbonyl (C=O) groups excluding carboxylic acids is 1. The Morgan fingerprint density at radius 3 is 2.50 bits per heavy atom. The Morgan fingerprint density at radius 1 is 1.14 bits per heavy atom. The average Bonchev–Trinajstić information content (AvgIpc) is 2.58. The fourth-order valence-electron chi connectivity index (χ4n) is 2.88. The van der Waals surface area contributed by atoms with Crippen LogP contribution in [0.5, 0.6) is 0 Å². The SMILES string of the molecule is CCN1CCN[C@H](Cc2ccc(-c3ccncc3)cc2)C1=O. The van der Waals surface area contributed by atoms with E-state index in [1.165, 1.54) is 11.1 Å². The van der Waals surface area contributed by atoms with Crippen molar-refractivity contribution in [2.45, 2.75) is 19.4 Å². The second kappa shape index (κ2) is 6.71. The number of hydrogen-bond donors (Lipinski definition) is 1. The normalized spacial score (nSPS) is 18.5. The second-order valence-corrected chi connectivity index (χ2v) is 5.56. The fraction of sp³-hybridized carbons (Fsp3) is 0.333. The number of nitrogens with one attached hydrogen (secondary N) is 1. The number of piperazine rings is 1. The molecular formula is C18H21N3O. The lowest BCUT2D eigenvalue weighted by Crippen LogP contribution is -2.55. The number of hydrogen-bond acceptors (Lipinski definition) is 3. The highest BCUT2D eigenvalue weighted by Gasteiger charge is 2.27. The molecule has 0 radical (unpaired) electrons. The van der Waals surface area contributed by atoms with Gasteiger partial charge >= 0.3 is 0 Å². The predicted octanol–water partition coefficient (Wildman–Crippen LogP) is 2.11. The third-order valence-electron chi connectivity index (χ3n) is 4.17. The summed E-state index contributed by atoms with van der Waals surface area (Å²) in [7, 11) is 0. The molecule has 1 aromatic heterocycles. The van der Waals surface area contributed by atoms with Crippen molar-refractivity contribution in [3.8, 4) is 11.1 Å². The van der Waals surface area contributed by atoms with Crippen molar-refractivity contribution < 1.29 is 4.79 Å². The molecule has 2 aromatic rings. The van der Waals surface area contributed by atoms with E-state index in [0.717, 1.165) is 31.6 Å². The third kappa shape index (κ3) is 3.17. The minimum atomic E-state index is -0.0968. The molecule has 1 aliphatic heterocycles. The van der Waals surface area contributed by atoms with Crippen molar-refractivity contribution in [3.05, 3.63) is 54.4 Å². The Balaban J connectivity index is 1.70. The topological polar surface area (TPSA) is 45.2 Å². The summed E-state index contributed by atoms with van der Waals surface area (Å²) in [6, 6.07) is 12.3. The molecule has 1 aliphatic rings. The standard InChI is InChI=1S/C18H21N3O/c1-2-21-12-11-20-17(18(21)22)13-14-3-5-15(6-4-14)16-7-9-19-10-8-16/h3-10,17,20H,2,11-13H2,1H3/t17-/m1/s1. The van der Waals surface area contributed by atoms with Gasteiger partial charge in [-0.3, -0.25) is 9.78 Å². The highest BCUT2D eigenvalue weighted by molar-refractivity contribution is 5.83. The number of amides is 1. The number of benzene rings is 1. The van der Waals surface area contributed by atoms with E-state index in [-0.39, 0.29) is 11.9 Å². The van der Waals surface area contributed by atoms with Gasteiger partial charge < -0.3 is 10.2 Å². The van der Waals surface area contributed by atoms with Gasteiger partial charge in [-0.25, -0.2) is 0 Å². The van der Waals surface area contributed by atoms with Gasteiger partial charge in [-0.15, -0.1) is 0 Å². The van der Waals surface area contributed by atoms with Crippen LogP contribution in [-0.2, 0) is 11.2 Å². The number of carbonyl (C=O) groups is 1. The zero-order valence-corrected chi connectivity index (χ0v) is 12.8. The maximum Gasteiger partial charge on any atom is 0.240 e. The van der Waals surface area contributed by atoms with Gasteiger partial charge in [0, 0.05) is 32.0 Å². The van der Waals surface area contributed by atoms with Crippen molar-refractivity contribution in [1.29, 1.82) is 0 Å². The van der Waals surface area contributed by atoms with E-state index in [9.17, 15) is 4.79 Å². The summed E-state index contributed by atoms with van der Waals surface area (Å²) in [5.74, 6) is 0.215. The summed E-state index contributed by atoms with van der Waals surface area (Å²) in [6.45, 7) is 4.51. The van der Waals surface area contributed by atoms with E-state index >= 15 is 0 Å². The molecule has 0 saturated carbocycles. The van der Waals surface area contributed by atoms with Crippen LogP contribution in [0.25, 0.3) is 11.1 Å². The lowest BCUT2D eigenvalue weighted by atomic mass is 10.00. The molecule has 1 N–H and O–H groups in total. The summed E-state index contributed by atoms with van der Waals surface area (Å²) in [4.78, 5) is 18.3. The van der Waals surface area contributed by atoms with Crippen LogP contribution in [-0.4, -0.2) is 41.5 Å². The van der Waals surface area contributed by atoms with Crippen LogP contribution in [0.15, 0.2) is 48.8 Å². The molecule has 3 rings (SSSR count). The zero-order chi connectivity index (χ0) is 15.4. The van der Waals surface area contributed by atoms with Gasteiger partial charge in [0.05, 0.1) is 6.04 Å². The minimum absolute atomic E-state index is 0.0968. The Hall–Kier alpha value is -2.20. The van der Waals surface area contributed by atoms with E-state index in [1.54, 1.807) is 12.4 Å². The van der Waals surface area contributed by atoms with Gasteiger partial charge in [0.2, 0.25) is 5.91 Å². The lowest BCUT2D eigenvalue weighted by Gasteiger charge is -2.32. The molecule has 0 bridgehead atoms. The highest BCUT2D eigenvalue weighted by Crippen LogP contribution is 2.19. The van der Waals surface area contributed by atoms with Gasteiger partial charge in [-0.05, 0) is 42.2 Å². The van der Waals surface area contributed by atoms with Gasteiger partial charge in [0.15, 0.2) is 0 Å². The first-order valence-electron chi connectivity index (χ1n) is 7.79. The Labute approximate surface area is 131 Å². The average molecular weight is 295 g/mol. The molecule has 22 heavy (non-hydrogen) atoms. The molecular weight excluding hydrogens is 274 g/mol. The lowest BCUT2D eigenvalue weighted by molar-refractivity contribution is -0.135. The summed E-state index contributed by atoms with van der Waals surface area (Å²) < 4.78 is 0. The van der Waals surface area contributed by atoms with E-state index in [4.69, 9.17) is 0 Å². The van der Waals surface area contributed by atoms with Crippen LogP contribution in [0.1, 0.15) is 12.5 Å². The summed E-state index contributed by atoms with van der Waals surface area (Å²) >= 11 is 0. The predicted molar refractivity (Wildman–Crippen MR) is 87.4 cm³/mol. The maximum absolute atomic E-state index is 12.3. The number of rotatable bonds is 4. The van der Waals surface area contributed by atoms with E-state index in [1.807, 2.05) is 24.0 Å². The second-order valence-electron chi connectivity index (χ2n) is 5.56. The molecule has 0 aliphatic carbocycles. The highest BCUT2D eigenvalue weighted by atomic mass is 16.2. The smallest absolute Gasteiger partial charge is 0.240 e. The van der Waals surface area contributed by atoms with E-state index < -0.39 is 0 Å². The molecule has 0 unspecified atom stereocenters. The molecule has 1 amide bonds. The van der Waals surface area contributed by atoms with Crippen molar-refractivity contribution in [2.75, 3.05) is 19.6 Å². The van der Waals surface area contributed by atoms with Crippen LogP contribution < -0.4 is 5.32 Å². The van der Waals surface area contributed by atoms with Crippen molar-refractivity contribution in [3.63, 3.8) is 0 Å². The number of nitrogens with zero attached hydrogens (tertiary/aromatic N) is 2. The van der Waals surface area contributed by atoms with Crippen LogP contribution in [0.4, 0.5) is 0 Å². The zero-order valence-electron chi connectivity index (χ0n) is 12.8. The summed E-state index contributed by atoms with van der Waals surface area (Å²) in [5.41, 5.74) is 3.51. The molecule has 1 saturated heterocycles. The maximum atomic E-state index is 12.3. The Kier molecular flexibility index (Phi) is 4.49. The Morgan fingerprint density at radius 2 is 1.82 bits per heavy atom. The first-order valence-corrected chi connectivity index (χ1v) is 7.79. The van der Waals surface area contributed by atoms with Gasteiger partial charge in [-0.1, -0.05) is 24.3 Å². The molecule has 4 heteroatoms. The van der Waals surface area contributed by atoms with Crippen LogP contribution in [0.3, 0.4) is 0 Å².